The van der Waals surface area contributed by atoms with Gasteiger partial charge in [0.05, 0.1) is 18.2 Å². The highest BCUT2D eigenvalue weighted by atomic mass is 79.9. The zero-order valence-corrected chi connectivity index (χ0v) is 11.5. The fourth-order valence-electron chi connectivity index (χ4n) is 1.73. The number of methoxy groups -OCH3 is 1. The Morgan fingerprint density at radius 2 is 1.74 bits per heavy atom. The molecule has 0 saturated carbocycles. The molecule has 0 radical (unpaired) electrons. The Labute approximate surface area is 117 Å². The predicted octanol–water partition coefficient (Wildman–Crippen LogP) is 3.97. The fraction of sp³-hybridized carbons (Fsp3) is 0.0714. The third kappa shape index (κ3) is 2.66. The third-order valence-corrected chi connectivity index (χ3v) is 3.04. The van der Waals surface area contributed by atoms with Crippen molar-refractivity contribution >= 4 is 21.7 Å². The second kappa shape index (κ2) is 5.48. The van der Waals surface area contributed by atoms with Crippen LogP contribution in [0.3, 0.4) is 0 Å². The van der Waals surface area contributed by atoms with E-state index in [1.165, 1.54) is 13.2 Å². The summed E-state index contributed by atoms with van der Waals surface area (Å²) in [6, 6.07) is 8.38. The summed E-state index contributed by atoms with van der Waals surface area (Å²) in [4.78, 5) is 12.2. The van der Waals surface area contributed by atoms with Crippen molar-refractivity contribution in [3.05, 3.63) is 63.6 Å². The van der Waals surface area contributed by atoms with Crippen molar-refractivity contribution in [2.24, 2.45) is 0 Å². The molecule has 0 aliphatic rings. The minimum absolute atomic E-state index is 0.116. The molecule has 98 valence electrons. The Balaban J connectivity index is 2.57. The Morgan fingerprint density at radius 1 is 1.16 bits per heavy atom. The number of carbonyl (C=O) groups is 1. The quantitative estimate of drug-likeness (QED) is 0.798. The van der Waals surface area contributed by atoms with Gasteiger partial charge in [0.2, 0.25) is 5.78 Å². The molecule has 0 aliphatic heterocycles. The summed E-state index contributed by atoms with van der Waals surface area (Å²) in [6.45, 7) is 0. The van der Waals surface area contributed by atoms with Gasteiger partial charge in [-0.1, -0.05) is 28.1 Å². The van der Waals surface area contributed by atoms with Crippen LogP contribution in [0, 0.1) is 11.6 Å². The molecule has 2 aromatic rings. The molecule has 0 bridgehead atoms. The molecule has 0 aliphatic carbocycles. The summed E-state index contributed by atoms with van der Waals surface area (Å²) in [6.07, 6.45) is 0. The van der Waals surface area contributed by atoms with Crippen molar-refractivity contribution in [3.8, 4) is 5.75 Å². The summed E-state index contributed by atoms with van der Waals surface area (Å²) in [7, 11) is 1.39. The van der Waals surface area contributed by atoms with E-state index in [4.69, 9.17) is 4.74 Å². The van der Waals surface area contributed by atoms with Crippen LogP contribution in [0.4, 0.5) is 8.78 Å². The molecule has 2 aromatic carbocycles. The van der Waals surface area contributed by atoms with E-state index in [-0.39, 0.29) is 15.8 Å². The van der Waals surface area contributed by atoms with Gasteiger partial charge in [-0.25, -0.2) is 8.78 Å². The van der Waals surface area contributed by atoms with Crippen molar-refractivity contribution in [1.82, 2.24) is 0 Å². The summed E-state index contributed by atoms with van der Waals surface area (Å²) in [5.41, 5.74) is -0.474. The van der Waals surface area contributed by atoms with Gasteiger partial charge in [0.25, 0.3) is 0 Å². The van der Waals surface area contributed by atoms with Crippen LogP contribution in [0.5, 0.6) is 5.75 Å². The monoisotopic (exact) mass is 326 g/mol. The number of hydrogen-bond acceptors (Lipinski definition) is 2. The average Bonchev–Trinajstić information content (AvgIpc) is 2.37. The Bertz CT molecular complexity index is 618. The minimum atomic E-state index is -0.914. The van der Waals surface area contributed by atoms with Gasteiger partial charge in [0.1, 0.15) is 17.4 Å². The number of halogens is 3. The molecule has 0 heterocycles. The van der Waals surface area contributed by atoms with Crippen LogP contribution in [0.1, 0.15) is 15.9 Å². The number of ether oxygens (including phenoxy) is 1. The van der Waals surface area contributed by atoms with Crippen LogP contribution in [0.25, 0.3) is 0 Å². The first-order valence-electron chi connectivity index (χ1n) is 5.37. The van der Waals surface area contributed by atoms with Crippen molar-refractivity contribution in [2.75, 3.05) is 7.11 Å². The molecule has 0 atom stereocenters. The SMILES string of the molecule is COc1ccccc1C(=O)c1c(F)cc(Br)cc1F. The van der Waals surface area contributed by atoms with Crippen molar-refractivity contribution in [2.45, 2.75) is 0 Å². The second-order valence-electron chi connectivity index (χ2n) is 3.77. The lowest BCUT2D eigenvalue weighted by molar-refractivity contribution is 0.102. The van der Waals surface area contributed by atoms with E-state index in [0.717, 1.165) is 12.1 Å². The summed E-state index contributed by atoms with van der Waals surface area (Å²) >= 11 is 2.96. The zero-order valence-electron chi connectivity index (χ0n) is 9.91. The Morgan fingerprint density at radius 3 is 2.32 bits per heavy atom. The highest BCUT2D eigenvalue weighted by Crippen LogP contribution is 2.26. The maximum Gasteiger partial charge on any atom is 0.202 e. The van der Waals surface area contributed by atoms with Crippen LogP contribution in [0.2, 0.25) is 0 Å². The molecule has 0 spiro atoms. The van der Waals surface area contributed by atoms with Gasteiger partial charge in [0.15, 0.2) is 0 Å². The van der Waals surface area contributed by atoms with Crippen LogP contribution in [-0.2, 0) is 0 Å². The number of rotatable bonds is 3. The van der Waals surface area contributed by atoms with Crippen molar-refractivity contribution in [1.29, 1.82) is 0 Å². The Hall–Kier alpha value is -1.75. The largest absolute Gasteiger partial charge is 0.496 e. The molecule has 0 fully saturated rings. The first kappa shape index (κ1) is 13.7. The van der Waals surface area contributed by atoms with Gasteiger partial charge in [0, 0.05) is 4.47 Å². The number of hydrogen-bond donors (Lipinski definition) is 0. The van der Waals surface area contributed by atoms with Gasteiger partial charge < -0.3 is 4.74 Å². The number of benzene rings is 2. The van der Waals surface area contributed by atoms with Gasteiger partial charge in [-0.05, 0) is 24.3 Å². The first-order chi connectivity index (χ1) is 9.04. The zero-order chi connectivity index (χ0) is 14.0. The average molecular weight is 327 g/mol. The summed E-state index contributed by atoms with van der Waals surface area (Å²) in [5, 5.41) is 0. The maximum atomic E-state index is 13.8. The first-order valence-corrected chi connectivity index (χ1v) is 6.16. The standard InChI is InChI=1S/C14H9BrF2O2/c1-19-12-5-3-2-4-9(12)14(18)13-10(16)6-8(15)7-11(13)17/h2-7H,1H3. The fourth-order valence-corrected chi connectivity index (χ4v) is 2.13. The van der Waals surface area contributed by atoms with Gasteiger partial charge in [-0.2, -0.15) is 0 Å². The highest BCUT2D eigenvalue weighted by molar-refractivity contribution is 9.10. The molecule has 0 N–H and O–H groups in total. The molecular formula is C14H9BrF2O2. The van der Waals surface area contributed by atoms with Crippen LogP contribution >= 0.6 is 15.9 Å². The maximum absolute atomic E-state index is 13.8. The van der Waals surface area contributed by atoms with Gasteiger partial charge in [-0.15, -0.1) is 0 Å². The normalized spacial score (nSPS) is 10.3. The molecule has 0 unspecified atom stereocenters. The molecule has 0 saturated heterocycles. The van der Waals surface area contributed by atoms with Crippen LogP contribution in [-0.4, -0.2) is 12.9 Å². The van der Waals surface area contributed by atoms with Crippen molar-refractivity contribution in [3.63, 3.8) is 0 Å². The van der Waals surface area contributed by atoms with Crippen LogP contribution in [0.15, 0.2) is 40.9 Å². The van der Waals surface area contributed by atoms with E-state index in [2.05, 4.69) is 15.9 Å². The lowest BCUT2D eigenvalue weighted by atomic mass is 10.0. The number of ketones is 1. The molecular weight excluding hydrogens is 318 g/mol. The molecule has 2 nitrogen and oxygen atoms in total. The highest BCUT2D eigenvalue weighted by Gasteiger charge is 2.22. The van der Waals surface area contributed by atoms with E-state index in [1.807, 2.05) is 0 Å². The van der Waals surface area contributed by atoms with E-state index >= 15 is 0 Å². The van der Waals surface area contributed by atoms with E-state index in [0.29, 0.717) is 0 Å². The van der Waals surface area contributed by atoms with Gasteiger partial charge >= 0.3 is 0 Å². The lowest BCUT2D eigenvalue weighted by Gasteiger charge is -2.09. The van der Waals surface area contributed by atoms with Crippen LogP contribution < -0.4 is 4.74 Å². The molecule has 0 amide bonds. The molecule has 5 heteroatoms. The van der Waals surface area contributed by atoms with E-state index < -0.39 is 23.0 Å². The molecule has 0 aromatic heterocycles. The van der Waals surface area contributed by atoms with E-state index in [1.54, 1.807) is 18.2 Å². The molecule has 2 rings (SSSR count). The second-order valence-corrected chi connectivity index (χ2v) is 4.69. The predicted molar refractivity (Wildman–Crippen MR) is 70.5 cm³/mol. The van der Waals surface area contributed by atoms with Gasteiger partial charge in [-0.3, -0.25) is 4.79 Å². The number of carbonyl (C=O) groups excluding carboxylic acids is 1. The summed E-state index contributed by atoms with van der Waals surface area (Å²) in [5.74, 6) is -2.31. The topological polar surface area (TPSA) is 26.3 Å². The number of para-hydroxylation sites is 1. The van der Waals surface area contributed by atoms with E-state index in [9.17, 15) is 13.6 Å². The smallest absolute Gasteiger partial charge is 0.202 e. The minimum Gasteiger partial charge on any atom is -0.496 e. The van der Waals surface area contributed by atoms with Crippen molar-refractivity contribution < 1.29 is 18.3 Å². The third-order valence-electron chi connectivity index (χ3n) is 2.59. The Kier molecular flexibility index (Phi) is 3.95. The molecule has 19 heavy (non-hydrogen) atoms. The lowest BCUT2D eigenvalue weighted by Crippen LogP contribution is -2.09. The summed E-state index contributed by atoms with van der Waals surface area (Å²) < 4.78 is 32.8.